The van der Waals surface area contributed by atoms with Gasteiger partial charge in [-0.15, -0.1) is 0 Å². The van der Waals surface area contributed by atoms with Gasteiger partial charge in [-0.25, -0.2) is 0 Å². The minimum atomic E-state index is -0.405. The zero-order valence-corrected chi connectivity index (χ0v) is 13.9. The monoisotopic (exact) mass is 339 g/mol. The van der Waals surface area contributed by atoms with Crippen molar-refractivity contribution in [3.63, 3.8) is 0 Å². The van der Waals surface area contributed by atoms with Crippen molar-refractivity contribution in [1.82, 2.24) is 20.1 Å². The smallest absolute Gasteiger partial charge is 0.152 e. The average molecular weight is 339 g/mol. The molecule has 4 rings (SSSR count). The normalized spacial score (nSPS) is 19.1. The molecule has 1 aliphatic heterocycles. The Balaban J connectivity index is 1.42. The lowest BCUT2D eigenvalue weighted by Gasteiger charge is -2.23. The van der Waals surface area contributed by atoms with Crippen LogP contribution in [0, 0.1) is 0 Å². The largest absolute Gasteiger partial charge is 0.458 e. The van der Waals surface area contributed by atoms with Crippen LogP contribution >= 0.6 is 0 Å². The molecule has 2 N–H and O–H groups in total. The Kier molecular flexibility index (Phi) is 4.49. The molecule has 3 aromatic heterocycles. The number of nitrogens with zero attached hydrogens (tertiary/aromatic N) is 4. The van der Waals surface area contributed by atoms with Crippen molar-refractivity contribution in [3.05, 3.63) is 54.7 Å². The van der Waals surface area contributed by atoms with E-state index in [9.17, 15) is 5.11 Å². The van der Waals surface area contributed by atoms with Crippen LogP contribution in [0.15, 0.2) is 53.3 Å². The standard InChI is InChI=1S/C18H21N5O2/c24-15-11-22(9-10-23(12-15)14-3-6-19-7-4-14)13-16-1-2-18(25-16)17-5-8-20-21-17/h1-8,15,24H,9-13H2,(H,20,21). The third kappa shape index (κ3) is 3.72. The Labute approximate surface area is 145 Å². The molecule has 1 atom stereocenters. The van der Waals surface area contributed by atoms with Crippen LogP contribution in [-0.2, 0) is 6.54 Å². The summed E-state index contributed by atoms with van der Waals surface area (Å²) in [7, 11) is 0. The molecule has 1 fully saturated rings. The number of rotatable bonds is 4. The molecule has 0 radical (unpaired) electrons. The van der Waals surface area contributed by atoms with Gasteiger partial charge in [0.15, 0.2) is 5.76 Å². The molecule has 130 valence electrons. The summed E-state index contributed by atoms with van der Waals surface area (Å²) in [4.78, 5) is 8.48. The first kappa shape index (κ1) is 15.9. The fraction of sp³-hybridized carbons (Fsp3) is 0.333. The lowest BCUT2D eigenvalue weighted by Crippen LogP contribution is -2.33. The van der Waals surface area contributed by atoms with Gasteiger partial charge in [-0.1, -0.05) is 0 Å². The van der Waals surface area contributed by atoms with Gasteiger partial charge in [-0.2, -0.15) is 5.10 Å². The first-order valence-corrected chi connectivity index (χ1v) is 8.42. The highest BCUT2D eigenvalue weighted by atomic mass is 16.3. The third-order valence-corrected chi connectivity index (χ3v) is 4.42. The number of β-amino-alcohol motifs (C(OH)–C–C–N with tert-alkyl or cyclic N) is 1. The minimum absolute atomic E-state index is 0.405. The van der Waals surface area contributed by atoms with Crippen molar-refractivity contribution in [2.75, 3.05) is 31.1 Å². The second-order valence-electron chi connectivity index (χ2n) is 6.28. The van der Waals surface area contributed by atoms with Crippen LogP contribution in [0.1, 0.15) is 5.76 Å². The molecular weight excluding hydrogens is 318 g/mol. The first-order chi connectivity index (χ1) is 12.3. The topological polar surface area (TPSA) is 81.4 Å². The van der Waals surface area contributed by atoms with E-state index in [1.807, 2.05) is 30.3 Å². The van der Waals surface area contributed by atoms with Gasteiger partial charge in [0.2, 0.25) is 0 Å². The fourth-order valence-electron chi connectivity index (χ4n) is 3.21. The molecule has 1 unspecified atom stereocenters. The Morgan fingerprint density at radius 1 is 1.08 bits per heavy atom. The van der Waals surface area contributed by atoms with E-state index in [1.165, 1.54) is 0 Å². The number of hydrogen-bond donors (Lipinski definition) is 2. The zero-order valence-electron chi connectivity index (χ0n) is 13.9. The highest BCUT2D eigenvalue weighted by molar-refractivity contribution is 5.51. The van der Waals surface area contributed by atoms with Crippen molar-refractivity contribution in [1.29, 1.82) is 0 Å². The number of nitrogens with one attached hydrogen (secondary N) is 1. The number of H-pyrrole nitrogens is 1. The van der Waals surface area contributed by atoms with E-state index >= 15 is 0 Å². The van der Waals surface area contributed by atoms with Gasteiger partial charge in [0.1, 0.15) is 11.5 Å². The highest BCUT2D eigenvalue weighted by Crippen LogP contribution is 2.21. The van der Waals surface area contributed by atoms with Gasteiger partial charge < -0.3 is 14.4 Å². The molecule has 0 bridgehead atoms. The highest BCUT2D eigenvalue weighted by Gasteiger charge is 2.22. The number of aliphatic hydroxyl groups is 1. The number of aliphatic hydroxyl groups excluding tert-OH is 1. The van der Waals surface area contributed by atoms with Crippen molar-refractivity contribution in [3.8, 4) is 11.5 Å². The van der Waals surface area contributed by atoms with Crippen molar-refractivity contribution in [2.24, 2.45) is 0 Å². The van der Waals surface area contributed by atoms with E-state index in [2.05, 4.69) is 25.0 Å². The number of hydrogen-bond acceptors (Lipinski definition) is 6. The van der Waals surface area contributed by atoms with E-state index in [-0.39, 0.29) is 0 Å². The predicted octanol–water partition coefficient (Wildman–Crippen LogP) is 1.75. The molecule has 4 heterocycles. The summed E-state index contributed by atoms with van der Waals surface area (Å²) in [5, 5.41) is 17.2. The second-order valence-corrected chi connectivity index (χ2v) is 6.28. The third-order valence-electron chi connectivity index (χ3n) is 4.42. The van der Waals surface area contributed by atoms with Crippen LogP contribution in [0.3, 0.4) is 0 Å². The van der Waals surface area contributed by atoms with Crippen LogP contribution in [0.2, 0.25) is 0 Å². The van der Waals surface area contributed by atoms with Crippen LogP contribution in [0.5, 0.6) is 0 Å². The van der Waals surface area contributed by atoms with Gasteiger partial charge >= 0.3 is 0 Å². The SMILES string of the molecule is OC1CN(Cc2ccc(-c3ccn[nH]3)o2)CCN(c2ccncc2)C1. The van der Waals surface area contributed by atoms with Crippen LogP contribution in [0.25, 0.3) is 11.5 Å². The Morgan fingerprint density at radius 3 is 2.76 bits per heavy atom. The predicted molar refractivity (Wildman–Crippen MR) is 94.0 cm³/mol. The summed E-state index contributed by atoms with van der Waals surface area (Å²) in [6, 6.07) is 9.76. The van der Waals surface area contributed by atoms with Crippen molar-refractivity contribution >= 4 is 5.69 Å². The van der Waals surface area contributed by atoms with E-state index in [0.29, 0.717) is 19.6 Å². The minimum Gasteiger partial charge on any atom is -0.458 e. The summed E-state index contributed by atoms with van der Waals surface area (Å²) in [6.07, 6.45) is 4.86. The number of aromatic amines is 1. The van der Waals surface area contributed by atoms with Gasteiger partial charge in [0.25, 0.3) is 0 Å². The number of pyridine rings is 1. The molecule has 7 nitrogen and oxygen atoms in total. The number of aromatic nitrogens is 3. The first-order valence-electron chi connectivity index (χ1n) is 8.42. The van der Waals surface area contributed by atoms with Crippen LogP contribution in [-0.4, -0.2) is 57.5 Å². The molecule has 1 saturated heterocycles. The zero-order chi connectivity index (χ0) is 17.1. The summed E-state index contributed by atoms with van der Waals surface area (Å²) >= 11 is 0. The van der Waals surface area contributed by atoms with Gasteiger partial charge in [-0.05, 0) is 30.3 Å². The Hall–Kier alpha value is -2.64. The molecule has 1 aliphatic rings. The molecule has 0 aliphatic carbocycles. The van der Waals surface area contributed by atoms with Crippen LogP contribution in [0.4, 0.5) is 5.69 Å². The van der Waals surface area contributed by atoms with Gasteiger partial charge in [0.05, 0.1) is 12.6 Å². The fourth-order valence-corrected chi connectivity index (χ4v) is 3.21. The number of anilines is 1. The average Bonchev–Trinajstić information content (AvgIpc) is 3.27. The molecule has 25 heavy (non-hydrogen) atoms. The van der Waals surface area contributed by atoms with Crippen LogP contribution < -0.4 is 4.90 Å². The maximum Gasteiger partial charge on any atom is 0.152 e. The summed E-state index contributed by atoms with van der Waals surface area (Å²) in [5.74, 6) is 1.66. The van der Waals surface area contributed by atoms with Crippen molar-refractivity contribution in [2.45, 2.75) is 12.6 Å². The van der Waals surface area contributed by atoms with E-state index < -0.39 is 6.10 Å². The molecule has 0 saturated carbocycles. The van der Waals surface area contributed by atoms with E-state index in [1.54, 1.807) is 18.6 Å². The molecule has 3 aromatic rings. The molecule has 0 spiro atoms. The maximum atomic E-state index is 10.4. The summed E-state index contributed by atoms with van der Waals surface area (Å²) in [6.45, 7) is 3.64. The lowest BCUT2D eigenvalue weighted by molar-refractivity contribution is 0.125. The Bertz CT molecular complexity index is 787. The number of furan rings is 1. The molecule has 0 aromatic carbocycles. The molecule has 7 heteroatoms. The summed E-state index contributed by atoms with van der Waals surface area (Å²) < 4.78 is 5.90. The van der Waals surface area contributed by atoms with Gasteiger partial charge in [-0.3, -0.25) is 15.0 Å². The lowest BCUT2D eigenvalue weighted by atomic mass is 10.3. The molecule has 0 amide bonds. The second kappa shape index (κ2) is 7.08. The quantitative estimate of drug-likeness (QED) is 0.754. The molecular formula is C18H21N5O2. The van der Waals surface area contributed by atoms with Crippen molar-refractivity contribution < 1.29 is 9.52 Å². The van der Waals surface area contributed by atoms with E-state index in [0.717, 1.165) is 36.0 Å². The Morgan fingerprint density at radius 2 is 1.96 bits per heavy atom. The summed E-state index contributed by atoms with van der Waals surface area (Å²) in [5.41, 5.74) is 1.96. The van der Waals surface area contributed by atoms with E-state index in [4.69, 9.17) is 4.42 Å². The van der Waals surface area contributed by atoms with Gasteiger partial charge in [0, 0.05) is 50.5 Å². The maximum absolute atomic E-state index is 10.4.